The maximum absolute atomic E-state index is 13.7. The number of benzene rings is 1. The van der Waals surface area contributed by atoms with Crippen molar-refractivity contribution in [3.8, 4) is 11.5 Å². The van der Waals surface area contributed by atoms with Gasteiger partial charge in [0.1, 0.15) is 5.82 Å². The van der Waals surface area contributed by atoms with Gasteiger partial charge in [0.05, 0.1) is 23.1 Å². The van der Waals surface area contributed by atoms with Crippen molar-refractivity contribution in [2.24, 2.45) is 0 Å². The van der Waals surface area contributed by atoms with Gasteiger partial charge in [-0.25, -0.2) is 9.37 Å². The lowest BCUT2D eigenvalue weighted by Gasteiger charge is -1.98. The van der Waals surface area contributed by atoms with E-state index in [2.05, 4.69) is 20.3 Å². The van der Waals surface area contributed by atoms with Gasteiger partial charge in [0.2, 0.25) is 11.8 Å². The molecule has 0 aliphatic rings. The van der Waals surface area contributed by atoms with E-state index in [0.717, 1.165) is 11.1 Å². The zero-order valence-corrected chi connectivity index (χ0v) is 12.2. The second-order valence-corrected chi connectivity index (χ2v) is 5.11. The van der Waals surface area contributed by atoms with Gasteiger partial charge in [-0.3, -0.25) is 0 Å². The van der Waals surface area contributed by atoms with Gasteiger partial charge < -0.3 is 8.94 Å². The van der Waals surface area contributed by atoms with Crippen LogP contribution in [0.4, 0.5) is 4.39 Å². The topological polar surface area (TPSA) is 77.8 Å². The van der Waals surface area contributed by atoms with Crippen LogP contribution in [0.2, 0.25) is 0 Å². The van der Waals surface area contributed by atoms with Crippen molar-refractivity contribution >= 4 is 11.1 Å². The summed E-state index contributed by atoms with van der Waals surface area (Å²) in [5.74, 6) is 0.369. The van der Waals surface area contributed by atoms with Crippen LogP contribution in [0.1, 0.15) is 17.1 Å². The second-order valence-electron chi connectivity index (χ2n) is 5.11. The van der Waals surface area contributed by atoms with Gasteiger partial charge in [0.15, 0.2) is 0 Å². The minimum absolute atomic E-state index is 0.238. The molecule has 0 N–H and O–H groups in total. The Balaban J connectivity index is 1.66. The molecule has 0 atom stereocenters. The molecule has 4 aromatic rings. The van der Waals surface area contributed by atoms with E-state index in [4.69, 9.17) is 8.94 Å². The van der Waals surface area contributed by atoms with Gasteiger partial charge in [-0.05, 0) is 24.6 Å². The minimum atomic E-state index is -0.296. The van der Waals surface area contributed by atoms with Crippen molar-refractivity contribution in [2.75, 3.05) is 0 Å². The Morgan fingerprint density at radius 3 is 2.91 bits per heavy atom. The fourth-order valence-electron chi connectivity index (χ4n) is 2.31. The smallest absolute Gasteiger partial charge is 0.257 e. The fourth-order valence-corrected chi connectivity index (χ4v) is 2.31. The van der Waals surface area contributed by atoms with Gasteiger partial charge in [0.25, 0.3) is 5.71 Å². The Morgan fingerprint density at radius 1 is 1.17 bits per heavy atom. The number of hydrogen-bond acceptors (Lipinski definition) is 6. The maximum Gasteiger partial charge on any atom is 0.257 e. The summed E-state index contributed by atoms with van der Waals surface area (Å²) in [6.07, 6.45) is 1.81. The van der Waals surface area contributed by atoms with Crippen molar-refractivity contribution in [3.05, 3.63) is 59.5 Å². The molecule has 4 rings (SSSR count). The molecule has 0 aliphatic carbocycles. The molecule has 0 radical (unpaired) electrons. The molecule has 0 bridgehead atoms. The van der Waals surface area contributed by atoms with E-state index < -0.39 is 0 Å². The third kappa shape index (κ3) is 2.46. The first kappa shape index (κ1) is 13.6. The average molecular weight is 310 g/mol. The number of pyridine rings is 1. The molecule has 0 unspecified atom stereocenters. The molecule has 1 aromatic carbocycles. The molecule has 7 heteroatoms. The predicted octanol–water partition coefficient (Wildman–Crippen LogP) is 3.31. The summed E-state index contributed by atoms with van der Waals surface area (Å²) in [5.41, 5.74) is 2.36. The number of aromatic nitrogens is 4. The summed E-state index contributed by atoms with van der Waals surface area (Å²) in [5, 5.41) is 12.6. The van der Waals surface area contributed by atoms with Crippen LogP contribution in [0.15, 0.2) is 45.5 Å². The van der Waals surface area contributed by atoms with Crippen LogP contribution in [0, 0.1) is 12.7 Å². The highest BCUT2D eigenvalue weighted by molar-refractivity contribution is 5.79. The Morgan fingerprint density at radius 2 is 2.04 bits per heavy atom. The molecule has 3 heterocycles. The standard InChI is InChI=1S/C16H11FN4O2/c1-9-12-6-11(8-18-16(12)23-21-9)15-20-19-14(22-15)7-10-4-2-3-5-13(10)17/h2-6,8H,7H2,1H3. The second kappa shape index (κ2) is 5.28. The summed E-state index contributed by atoms with van der Waals surface area (Å²) in [6.45, 7) is 1.83. The number of fused-ring (bicyclic) bond motifs is 1. The maximum atomic E-state index is 13.7. The molecule has 0 fully saturated rings. The summed E-state index contributed by atoms with van der Waals surface area (Å²) in [4.78, 5) is 4.17. The van der Waals surface area contributed by atoms with Gasteiger partial charge in [0, 0.05) is 6.20 Å². The molecular formula is C16H11FN4O2. The van der Waals surface area contributed by atoms with Gasteiger partial charge in [-0.1, -0.05) is 23.4 Å². The van der Waals surface area contributed by atoms with Crippen LogP contribution in [0.25, 0.3) is 22.6 Å². The van der Waals surface area contributed by atoms with E-state index in [9.17, 15) is 4.39 Å². The van der Waals surface area contributed by atoms with E-state index >= 15 is 0 Å². The van der Waals surface area contributed by atoms with E-state index in [1.54, 1.807) is 24.4 Å². The molecule has 6 nitrogen and oxygen atoms in total. The third-order valence-electron chi connectivity index (χ3n) is 3.52. The van der Waals surface area contributed by atoms with E-state index in [1.807, 2.05) is 13.0 Å². The number of hydrogen-bond donors (Lipinski definition) is 0. The predicted molar refractivity (Wildman–Crippen MR) is 79.0 cm³/mol. The molecule has 3 aromatic heterocycles. The SMILES string of the molecule is Cc1noc2ncc(-c3nnc(Cc4ccccc4F)o3)cc12. The highest BCUT2D eigenvalue weighted by Gasteiger charge is 2.14. The molecule has 114 valence electrons. The van der Waals surface area contributed by atoms with E-state index in [-0.39, 0.29) is 12.2 Å². The number of nitrogens with zero attached hydrogens (tertiary/aromatic N) is 4. The van der Waals surface area contributed by atoms with Crippen molar-refractivity contribution in [2.45, 2.75) is 13.3 Å². The van der Waals surface area contributed by atoms with E-state index in [1.165, 1.54) is 6.07 Å². The lowest BCUT2D eigenvalue weighted by molar-refractivity contribution is 0.443. The average Bonchev–Trinajstić information content (AvgIpc) is 3.17. The first-order chi connectivity index (χ1) is 11.2. The van der Waals surface area contributed by atoms with Crippen molar-refractivity contribution in [3.63, 3.8) is 0 Å². The Labute approximate surface area is 130 Å². The Bertz CT molecular complexity index is 993. The molecule has 0 saturated heterocycles. The Kier molecular flexibility index (Phi) is 3.11. The highest BCUT2D eigenvalue weighted by Crippen LogP contribution is 2.24. The van der Waals surface area contributed by atoms with Crippen LogP contribution >= 0.6 is 0 Å². The first-order valence-electron chi connectivity index (χ1n) is 6.99. The summed E-state index contributed by atoms with van der Waals surface area (Å²) >= 11 is 0. The number of rotatable bonds is 3. The van der Waals surface area contributed by atoms with Crippen molar-refractivity contribution in [1.29, 1.82) is 0 Å². The summed E-state index contributed by atoms with van der Waals surface area (Å²) < 4.78 is 24.4. The van der Waals surface area contributed by atoms with Gasteiger partial charge in [-0.15, -0.1) is 10.2 Å². The van der Waals surface area contributed by atoms with Gasteiger partial charge >= 0.3 is 0 Å². The van der Waals surface area contributed by atoms with Crippen LogP contribution in [-0.2, 0) is 6.42 Å². The lowest BCUT2D eigenvalue weighted by atomic mass is 10.1. The summed E-state index contributed by atoms with van der Waals surface area (Å²) in [6, 6.07) is 8.32. The zero-order valence-electron chi connectivity index (χ0n) is 12.2. The van der Waals surface area contributed by atoms with Crippen LogP contribution < -0.4 is 0 Å². The first-order valence-corrected chi connectivity index (χ1v) is 6.99. The Hall–Kier alpha value is -3.09. The molecular weight excluding hydrogens is 299 g/mol. The molecule has 0 aliphatic heterocycles. The fraction of sp³-hybridized carbons (Fsp3) is 0.125. The molecule has 0 amide bonds. The van der Waals surface area contributed by atoms with Crippen LogP contribution in [0.3, 0.4) is 0 Å². The molecule has 23 heavy (non-hydrogen) atoms. The summed E-state index contributed by atoms with van der Waals surface area (Å²) in [7, 11) is 0. The monoisotopic (exact) mass is 310 g/mol. The molecule has 0 saturated carbocycles. The lowest BCUT2D eigenvalue weighted by Crippen LogP contribution is -1.92. The van der Waals surface area contributed by atoms with Crippen LogP contribution in [-0.4, -0.2) is 20.3 Å². The largest absolute Gasteiger partial charge is 0.420 e. The highest BCUT2D eigenvalue weighted by atomic mass is 19.1. The minimum Gasteiger partial charge on any atom is -0.420 e. The third-order valence-corrected chi connectivity index (χ3v) is 3.52. The zero-order chi connectivity index (χ0) is 15.8. The number of halogens is 1. The van der Waals surface area contributed by atoms with E-state index in [0.29, 0.717) is 28.6 Å². The van der Waals surface area contributed by atoms with Gasteiger partial charge in [-0.2, -0.15) is 0 Å². The molecule has 0 spiro atoms. The van der Waals surface area contributed by atoms with Crippen LogP contribution in [0.5, 0.6) is 0 Å². The number of aryl methyl sites for hydroxylation is 1. The van der Waals surface area contributed by atoms with Crippen molar-refractivity contribution < 1.29 is 13.3 Å². The van der Waals surface area contributed by atoms with Crippen molar-refractivity contribution in [1.82, 2.24) is 20.3 Å². The quantitative estimate of drug-likeness (QED) is 0.577. The normalized spacial score (nSPS) is 11.2.